The normalized spacial score (nSPS) is 18.2. The maximum Gasteiger partial charge on any atom is 0.303 e. The fourth-order valence-electron chi connectivity index (χ4n) is 5.66. The van der Waals surface area contributed by atoms with Gasteiger partial charge in [0.15, 0.2) is 5.75 Å². The van der Waals surface area contributed by atoms with E-state index < -0.39 is 5.97 Å². The lowest BCUT2D eigenvalue weighted by Crippen LogP contribution is -2.30. The maximum absolute atomic E-state index is 13.5. The van der Waals surface area contributed by atoms with Crippen molar-refractivity contribution in [2.75, 3.05) is 46.4 Å². The Hall–Kier alpha value is -3.99. The molecule has 3 aromatic carbocycles. The number of carbonyl (C=O) groups is 2. The number of carbonyl (C=O) groups excluding carboxylic acids is 1. The Morgan fingerprint density at radius 2 is 1.67 bits per heavy atom. The summed E-state index contributed by atoms with van der Waals surface area (Å²) in [5.41, 5.74) is 0.866. The van der Waals surface area contributed by atoms with Crippen LogP contribution in [0.5, 0.6) is 23.0 Å². The highest BCUT2D eigenvalue weighted by atomic mass is 32.1. The summed E-state index contributed by atoms with van der Waals surface area (Å²) in [5.74, 6) is 2.82. The molecule has 4 aromatic rings. The topological polar surface area (TPSA) is 99.5 Å². The number of carboxylic acid groups (broad SMARTS) is 1. The van der Waals surface area contributed by atoms with Gasteiger partial charge in [0.05, 0.1) is 11.3 Å². The van der Waals surface area contributed by atoms with Gasteiger partial charge in [-0.2, -0.15) is 0 Å². The zero-order valence-electron chi connectivity index (χ0n) is 23.9. The number of phenolic OH excluding ortho intramolecular Hbond substituents is 1. The van der Waals surface area contributed by atoms with Crippen LogP contribution in [0, 0.1) is 17.7 Å². The molecular weight excluding hydrogens is 571 g/mol. The summed E-state index contributed by atoms with van der Waals surface area (Å²) in [7, 11) is 2.22. The van der Waals surface area contributed by atoms with Crippen molar-refractivity contribution in [2.45, 2.75) is 12.8 Å². The summed E-state index contributed by atoms with van der Waals surface area (Å²) in [5, 5.41) is 18.7. The van der Waals surface area contributed by atoms with Gasteiger partial charge in [-0.1, -0.05) is 12.1 Å². The van der Waals surface area contributed by atoms with E-state index in [-0.39, 0.29) is 24.4 Å². The van der Waals surface area contributed by atoms with E-state index in [1.54, 1.807) is 24.3 Å². The van der Waals surface area contributed by atoms with E-state index in [4.69, 9.17) is 14.6 Å². The Morgan fingerprint density at radius 1 is 1.00 bits per heavy atom. The molecule has 0 saturated carbocycles. The first kappa shape index (κ1) is 30.5. The van der Waals surface area contributed by atoms with Gasteiger partial charge in [-0.05, 0) is 79.0 Å². The largest absolute Gasteiger partial charge is 0.508 e. The molecule has 43 heavy (non-hydrogen) atoms. The van der Waals surface area contributed by atoms with Crippen LogP contribution in [0.3, 0.4) is 0 Å². The third-order valence-corrected chi connectivity index (χ3v) is 8.86. The fraction of sp³-hybridized carbons (Fsp3) is 0.333. The molecule has 0 radical (unpaired) electrons. The van der Waals surface area contributed by atoms with Crippen molar-refractivity contribution in [3.63, 3.8) is 0 Å². The van der Waals surface area contributed by atoms with Crippen LogP contribution in [-0.4, -0.2) is 78.6 Å². The summed E-state index contributed by atoms with van der Waals surface area (Å²) < 4.78 is 26.8. The lowest BCUT2D eigenvalue weighted by atomic mass is 10.0. The van der Waals surface area contributed by atoms with Gasteiger partial charge in [-0.3, -0.25) is 9.69 Å². The molecule has 2 aliphatic heterocycles. The Morgan fingerprint density at radius 3 is 2.30 bits per heavy atom. The molecule has 0 aliphatic carbocycles. The Balaban J connectivity index is 0.000000472. The maximum atomic E-state index is 13.5. The van der Waals surface area contributed by atoms with Crippen molar-refractivity contribution < 1.29 is 33.7 Å². The summed E-state index contributed by atoms with van der Waals surface area (Å²) >= 11 is 1.51. The highest BCUT2D eigenvalue weighted by molar-refractivity contribution is 7.22. The van der Waals surface area contributed by atoms with E-state index in [0.29, 0.717) is 24.4 Å². The van der Waals surface area contributed by atoms with E-state index >= 15 is 0 Å². The quantitative estimate of drug-likeness (QED) is 0.208. The smallest absolute Gasteiger partial charge is 0.303 e. The number of aliphatic carboxylic acids is 1. The van der Waals surface area contributed by atoms with E-state index in [1.807, 2.05) is 30.3 Å². The molecule has 2 atom stereocenters. The lowest BCUT2D eigenvalue weighted by molar-refractivity contribution is -0.137. The zero-order chi connectivity index (χ0) is 30.3. The number of thiophene rings is 1. The van der Waals surface area contributed by atoms with Crippen LogP contribution in [0.2, 0.25) is 0 Å². The molecule has 3 heterocycles. The average Bonchev–Trinajstić information content (AvgIpc) is 3.64. The first-order valence-electron chi connectivity index (χ1n) is 14.3. The predicted octanol–water partition coefficient (Wildman–Crippen LogP) is 6.13. The molecular formula is C33H35FN2O6S. The van der Waals surface area contributed by atoms with Gasteiger partial charge < -0.3 is 29.4 Å². The number of phenols is 1. The highest BCUT2D eigenvalue weighted by Crippen LogP contribution is 2.47. The van der Waals surface area contributed by atoms with Crippen molar-refractivity contribution in [3.05, 3.63) is 72.5 Å². The van der Waals surface area contributed by atoms with Crippen LogP contribution in [-0.2, 0) is 9.59 Å². The lowest BCUT2D eigenvalue weighted by Gasteiger charge is -2.19. The number of nitrogens with zero attached hydrogens (tertiary/aromatic N) is 2. The summed E-state index contributed by atoms with van der Waals surface area (Å²) in [4.78, 5) is 24.9. The SMILES string of the molecule is CN1CC2CN(CCOc3ccc(Oc4c(-c5ccc(F)cc5)sc5cc(O)ccc45)cc3)CC2C1.O=CCCC(=O)O. The molecule has 1 aromatic heterocycles. The minimum absolute atomic E-state index is 0.0521. The van der Waals surface area contributed by atoms with Crippen LogP contribution in [0.25, 0.3) is 20.5 Å². The fourth-order valence-corrected chi connectivity index (χ4v) is 6.83. The zero-order valence-corrected chi connectivity index (χ0v) is 24.8. The molecule has 2 saturated heterocycles. The number of halogens is 1. The molecule has 226 valence electrons. The molecule has 2 aliphatic rings. The molecule has 2 fully saturated rings. The monoisotopic (exact) mass is 606 g/mol. The molecule has 2 N–H and O–H groups in total. The standard InChI is InChI=1S/C29H29FN2O3S.C4H6O3/c1-31-15-20-17-32(18-21(20)16-31)12-13-34-24-7-9-25(10-8-24)35-28-26-11-6-23(33)14-27(26)36-29(28)19-2-4-22(30)5-3-19;5-3-1-2-4(6)7/h2-11,14,20-21,33H,12-13,15-18H2,1H3;3H,1-2H2,(H,6,7). The van der Waals surface area contributed by atoms with Crippen molar-refractivity contribution in [3.8, 4) is 33.4 Å². The van der Waals surface area contributed by atoms with Gasteiger partial charge in [0.25, 0.3) is 0 Å². The van der Waals surface area contributed by atoms with Gasteiger partial charge in [-0.25, -0.2) is 4.39 Å². The molecule has 2 unspecified atom stereocenters. The van der Waals surface area contributed by atoms with Gasteiger partial charge in [0.2, 0.25) is 0 Å². The number of hydrogen-bond donors (Lipinski definition) is 2. The van der Waals surface area contributed by atoms with Crippen molar-refractivity contribution >= 4 is 33.7 Å². The minimum atomic E-state index is -0.924. The first-order valence-corrected chi connectivity index (χ1v) is 15.1. The Labute approximate surface area is 253 Å². The van der Waals surface area contributed by atoms with Crippen LogP contribution in [0.1, 0.15) is 12.8 Å². The van der Waals surface area contributed by atoms with E-state index in [2.05, 4.69) is 16.8 Å². The van der Waals surface area contributed by atoms with Gasteiger partial charge >= 0.3 is 5.97 Å². The third kappa shape index (κ3) is 7.90. The van der Waals surface area contributed by atoms with Crippen molar-refractivity contribution in [1.29, 1.82) is 0 Å². The van der Waals surface area contributed by atoms with E-state index in [1.165, 1.54) is 49.6 Å². The minimum Gasteiger partial charge on any atom is -0.508 e. The summed E-state index contributed by atoms with van der Waals surface area (Å²) in [6.45, 7) is 6.40. The van der Waals surface area contributed by atoms with Crippen LogP contribution in [0.4, 0.5) is 4.39 Å². The second kappa shape index (κ2) is 14.0. The predicted molar refractivity (Wildman–Crippen MR) is 165 cm³/mol. The number of ether oxygens (including phenoxy) is 2. The van der Waals surface area contributed by atoms with Crippen LogP contribution in [0.15, 0.2) is 66.7 Å². The number of hydrogen-bond acceptors (Lipinski definition) is 8. The number of benzene rings is 3. The van der Waals surface area contributed by atoms with E-state index in [9.17, 15) is 19.1 Å². The molecule has 10 heteroatoms. The number of aldehydes is 1. The van der Waals surface area contributed by atoms with Crippen LogP contribution >= 0.6 is 11.3 Å². The molecule has 6 rings (SSSR count). The van der Waals surface area contributed by atoms with Crippen molar-refractivity contribution in [1.82, 2.24) is 9.80 Å². The molecule has 0 bridgehead atoms. The van der Waals surface area contributed by atoms with Crippen LogP contribution < -0.4 is 9.47 Å². The highest BCUT2D eigenvalue weighted by Gasteiger charge is 2.38. The second-order valence-electron chi connectivity index (χ2n) is 11.0. The average molecular weight is 607 g/mol. The summed E-state index contributed by atoms with van der Waals surface area (Å²) in [6.07, 6.45) is 0.660. The Kier molecular flexibility index (Phi) is 9.91. The first-order chi connectivity index (χ1) is 20.8. The van der Waals surface area contributed by atoms with Gasteiger partial charge in [-0.15, -0.1) is 11.3 Å². The number of likely N-dealkylation sites (tertiary alicyclic amines) is 2. The van der Waals surface area contributed by atoms with Gasteiger partial charge in [0.1, 0.15) is 36.0 Å². The molecule has 8 nitrogen and oxygen atoms in total. The Bertz CT molecular complexity index is 1530. The number of fused-ring (bicyclic) bond motifs is 2. The third-order valence-electron chi connectivity index (χ3n) is 7.67. The second-order valence-corrected chi connectivity index (χ2v) is 12.0. The number of carboxylic acids is 1. The molecule has 0 spiro atoms. The number of rotatable bonds is 10. The van der Waals surface area contributed by atoms with E-state index in [0.717, 1.165) is 44.7 Å². The summed E-state index contributed by atoms with van der Waals surface area (Å²) in [6, 6.07) is 19.3. The van der Waals surface area contributed by atoms with Crippen molar-refractivity contribution in [2.24, 2.45) is 11.8 Å². The molecule has 0 amide bonds. The van der Waals surface area contributed by atoms with Gasteiger partial charge in [0, 0.05) is 49.2 Å². The number of aromatic hydroxyl groups is 1.